The highest BCUT2D eigenvalue weighted by molar-refractivity contribution is 7.80. The van der Waals surface area contributed by atoms with E-state index in [0.717, 1.165) is 21.7 Å². The summed E-state index contributed by atoms with van der Waals surface area (Å²) in [4.78, 5) is 37.7. The summed E-state index contributed by atoms with van der Waals surface area (Å²) in [5, 5.41) is 5.55. The Balaban J connectivity index is 1.62. The van der Waals surface area contributed by atoms with Crippen LogP contribution in [-0.2, 0) is 4.79 Å². The van der Waals surface area contributed by atoms with E-state index in [1.54, 1.807) is 24.3 Å². The standard InChI is InChI=1S/C19H17N3O3S/c1-11-7-8-15(12(2)9-11)20-19(26)21-16(23)10-22-17(24)13-5-3-4-6-14(13)18(22)25/h3-9H,10H2,1-2H3,(H2,20,21,23,26). The zero-order chi connectivity index (χ0) is 18.8. The van der Waals surface area contributed by atoms with Crippen LogP contribution in [0.5, 0.6) is 0 Å². The molecule has 1 aliphatic heterocycles. The summed E-state index contributed by atoms with van der Waals surface area (Å²) in [7, 11) is 0. The molecule has 1 heterocycles. The summed E-state index contributed by atoms with van der Waals surface area (Å²) in [5.74, 6) is -1.50. The van der Waals surface area contributed by atoms with Gasteiger partial charge in [-0.25, -0.2) is 0 Å². The average molecular weight is 367 g/mol. The van der Waals surface area contributed by atoms with Crippen LogP contribution in [0.15, 0.2) is 42.5 Å². The first-order chi connectivity index (χ1) is 12.4. The lowest BCUT2D eigenvalue weighted by atomic mass is 10.1. The van der Waals surface area contributed by atoms with E-state index < -0.39 is 17.7 Å². The number of fused-ring (bicyclic) bond motifs is 1. The van der Waals surface area contributed by atoms with Crippen LogP contribution in [0.3, 0.4) is 0 Å². The number of imide groups is 1. The fraction of sp³-hybridized carbons (Fsp3) is 0.158. The van der Waals surface area contributed by atoms with Crippen molar-refractivity contribution in [2.75, 3.05) is 11.9 Å². The van der Waals surface area contributed by atoms with Crippen molar-refractivity contribution in [3.8, 4) is 0 Å². The van der Waals surface area contributed by atoms with Gasteiger partial charge in [0.2, 0.25) is 5.91 Å². The second-order valence-electron chi connectivity index (χ2n) is 6.06. The van der Waals surface area contributed by atoms with Crippen molar-refractivity contribution in [2.45, 2.75) is 13.8 Å². The molecule has 0 atom stereocenters. The maximum atomic E-state index is 12.3. The van der Waals surface area contributed by atoms with Crippen molar-refractivity contribution >= 4 is 40.7 Å². The molecule has 0 aliphatic carbocycles. The Kier molecular flexibility index (Phi) is 4.81. The highest BCUT2D eigenvalue weighted by Crippen LogP contribution is 2.22. The highest BCUT2D eigenvalue weighted by Gasteiger charge is 2.36. The predicted molar refractivity (Wildman–Crippen MR) is 102 cm³/mol. The molecule has 6 nitrogen and oxygen atoms in total. The van der Waals surface area contributed by atoms with Crippen molar-refractivity contribution < 1.29 is 14.4 Å². The number of aryl methyl sites for hydroxylation is 2. The van der Waals surface area contributed by atoms with E-state index in [0.29, 0.717) is 11.1 Å². The molecule has 0 saturated heterocycles. The molecule has 26 heavy (non-hydrogen) atoms. The van der Waals surface area contributed by atoms with E-state index in [4.69, 9.17) is 12.2 Å². The number of thiocarbonyl (C=S) groups is 1. The van der Waals surface area contributed by atoms with Gasteiger partial charge in [0, 0.05) is 5.69 Å². The molecule has 3 rings (SSSR count). The largest absolute Gasteiger partial charge is 0.332 e. The van der Waals surface area contributed by atoms with Gasteiger partial charge in [-0.1, -0.05) is 29.8 Å². The van der Waals surface area contributed by atoms with Gasteiger partial charge >= 0.3 is 0 Å². The molecule has 2 N–H and O–H groups in total. The highest BCUT2D eigenvalue weighted by atomic mass is 32.1. The molecular weight excluding hydrogens is 350 g/mol. The molecule has 1 aliphatic rings. The Bertz CT molecular complexity index is 904. The van der Waals surface area contributed by atoms with Crippen LogP contribution in [-0.4, -0.2) is 34.3 Å². The van der Waals surface area contributed by atoms with Gasteiger partial charge in [-0.2, -0.15) is 0 Å². The van der Waals surface area contributed by atoms with Gasteiger partial charge in [0.05, 0.1) is 11.1 Å². The Morgan fingerprint density at radius 3 is 2.23 bits per heavy atom. The van der Waals surface area contributed by atoms with E-state index in [-0.39, 0.29) is 11.7 Å². The van der Waals surface area contributed by atoms with Crippen molar-refractivity contribution in [3.05, 3.63) is 64.7 Å². The number of carbonyl (C=O) groups is 3. The number of nitrogens with zero attached hydrogens (tertiary/aromatic N) is 1. The molecule has 3 amide bonds. The summed E-state index contributed by atoms with van der Waals surface area (Å²) in [5.41, 5.74) is 3.50. The number of carbonyl (C=O) groups excluding carboxylic acids is 3. The van der Waals surface area contributed by atoms with Crippen molar-refractivity contribution in [1.82, 2.24) is 10.2 Å². The lowest BCUT2D eigenvalue weighted by molar-refractivity contribution is -0.120. The zero-order valence-electron chi connectivity index (χ0n) is 14.3. The molecule has 0 radical (unpaired) electrons. The van der Waals surface area contributed by atoms with Crippen LogP contribution in [0.1, 0.15) is 31.8 Å². The van der Waals surface area contributed by atoms with Crippen LogP contribution in [0.2, 0.25) is 0 Å². The molecule has 0 saturated carbocycles. The average Bonchev–Trinajstić information content (AvgIpc) is 2.83. The summed E-state index contributed by atoms with van der Waals surface area (Å²) in [6.45, 7) is 3.53. The van der Waals surface area contributed by atoms with Gasteiger partial charge in [0.15, 0.2) is 5.11 Å². The molecule has 2 aromatic carbocycles. The minimum absolute atomic E-state index is 0.110. The lowest BCUT2D eigenvalue weighted by Crippen LogP contribution is -2.43. The van der Waals surface area contributed by atoms with Gasteiger partial charge in [-0.3, -0.25) is 19.3 Å². The number of benzene rings is 2. The van der Waals surface area contributed by atoms with Crippen molar-refractivity contribution in [2.24, 2.45) is 0 Å². The van der Waals surface area contributed by atoms with Crippen molar-refractivity contribution in [1.29, 1.82) is 0 Å². The molecule has 0 spiro atoms. The Morgan fingerprint density at radius 1 is 1.04 bits per heavy atom. The maximum absolute atomic E-state index is 12.3. The first-order valence-corrected chi connectivity index (χ1v) is 8.41. The first-order valence-electron chi connectivity index (χ1n) is 8.00. The smallest absolute Gasteiger partial charge is 0.262 e. The summed E-state index contributed by atoms with van der Waals surface area (Å²) in [6, 6.07) is 12.3. The third kappa shape index (κ3) is 3.48. The first kappa shape index (κ1) is 17.8. The summed E-state index contributed by atoms with van der Waals surface area (Å²) >= 11 is 5.14. The van der Waals surface area contributed by atoms with E-state index in [9.17, 15) is 14.4 Å². The monoisotopic (exact) mass is 367 g/mol. The molecular formula is C19H17N3O3S. The normalized spacial score (nSPS) is 12.8. The number of nitrogens with one attached hydrogen (secondary N) is 2. The SMILES string of the molecule is Cc1ccc(NC(=S)NC(=O)CN2C(=O)c3ccccc3C2=O)c(C)c1. The third-order valence-corrected chi connectivity index (χ3v) is 4.27. The fourth-order valence-corrected chi connectivity index (χ4v) is 3.02. The number of hydrogen-bond acceptors (Lipinski definition) is 4. The number of amides is 3. The van der Waals surface area contributed by atoms with E-state index in [1.165, 1.54) is 0 Å². The zero-order valence-corrected chi connectivity index (χ0v) is 15.1. The van der Waals surface area contributed by atoms with Gasteiger partial charge in [-0.05, 0) is 49.8 Å². The van der Waals surface area contributed by atoms with Crippen LogP contribution >= 0.6 is 12.2 Å². The summed E-state index contributed by atoms with van der Waals surface area (Å²) < 4.78 is 0. The van der Waals surface area contributed by atoms with E-state index in [2.05, 4.69) is 10.6 Å². The molecule has 132 valence electrons. The topological polar surface area (TPSA) is 78.5 Å². The maximum Gasteiger partial charge on any atom is 0.262 e. The Hall–Kier alpha value is -3.06. The fourth-order valence-electron chi connectivity index (χ4n) is 2.80. The van der Waals surface area contributed by atoms with Crippen LogP contribution in [0, 0.1) is 13.8 Å². The second-order valence-corrected chi connectivity index (χ2v) is 6.47. The number of anilines is 1. The lowest BCUT2D eigenvalue weighted by Gasteiger charge is -2.15. The quantitative estimate of drug-likeness (QED) is 0.643. The van der Waals surface area contributed by atoms with Crippen LogP contribution in [0.25, 0.3) is 0 Å². The minimum Gasteiger partial charge on any atom is -0.332 e. The molecule has 7 heteroatoms. The van der Waals surface area contributed by atoms with Gasteiger partial charge in [-0.15, -0.1) is 0 Å². The molecule has 0 bridgehead atoms. The third-order valence-electron chi connectivity index (χ3n) is 4.06. The Morgan fingerprint density at radius 2 is 1.65 bits per heavy atom. The number of hydrogen-bond donors (Lipinski definition) is 2. The minimum atomic E-state index is -0.540. The van der Waals surface area contributed by atoms with Crippen LogP contribution < -0.4 is 10.6 Å². The molecule has 2 aromatic rings. The predicted octanol–water partition coefficient (Wildman–Crippen LogP) is 2.41. The molecule has 0 unspecified atom stereocenters. The molecule has 0 aromatic heterocycles. The second kappa shape index (κ2) is 7.05. The van der Waals surface area contributed by atoms with E-state index in [1.807, 2.05) is 32.0 Å². The van der Waals surface area contributed by atoms with Crippen molar-refractivity contribution in [3.63, 3.8) is 0 Å². The number of rotatable bonds is 3. The summed E-state index contributed by atoms with van der Waals surface area (Å²) in [6.07, 6.45) is 0. The molecule has 0 fully saturated rings. The van der Waals surface area contributed by atoms with E-state index >= 15 is 0 Å². The van der Waals surface area contributed by atoms with Crippen LogP contribution in [0.4, 0.5) is 5.69 Å². The Labute approximate surface area is 156 Å². The van der Waals surface area contributed by atoms with Gasteiger partial charge in [0.25, 0.3) is 11.8 Å². The van der Waals surface area contributed by atoms with Gasteiger partial charge in [0.1, 0.15) is 6.54 Å². The van der Waals surface area contributed by atoms with Gasteiger partial charge < -0.3 is 10.6 Å².